The van der Waals surface area contributed by atoms with E-state index < -0.39 is 0 Å². The Morgan fingerprint density at radius 2 is 2.04 bits per heavy atom. The highest BCUT2D eigenvalue weighted by molar-refractivity contribution is 5.99. The van der Waals surface area contributed by atoms with Gasteiger partial charge in [0, 0.05) is 29.3 Å². The van der Waals surface area contributed by atoms with E-state index in [4.69, 9.17) is 0 Å². The van der Waals surface area contributed by atoms with Gasteiger partial charge in [0.15, 0.2) is 0 Å². The van der Waals surface area contributed by atoms with Crippen LogP contribution in [0.4, 0.5) is 0 Å². The summed E-state index contributed by atoms with van der Waals surface area (Å²) < 4.78 is 0. The maximum Gasteiger partial charge on any atom is 0.251 e. The number of benzene rings is 2. The number of nitrogens with one attached hydrogen (secondary N) is 2. The summed E-state index contributed by atoms with van der Waals surface area (Å²) in [5.41, 5.74) is 1.71. The summed E-state index contributed by atoms with van der Waals surface area (Å²) in [6, 6.07) is 13.3. The van der Waals surface area contributed by atoms with Gasteiger partial charge < -0.3 is 10.6 Å². The smallest absolute Gasteiger partial charge is 0.251 e. The standard InChI is InChI=1S/C20H20N2O/c1-2-3-13-4-5-14-6-7-15(11-16(14)10-13)20(23)22-19-12-17-8-9-18(19)21-17/h4-7,10-11,17-19,21H,8-9,12H2,1H3,(H,22,23)/t17-,18+,19-/m1/s1. The molecule has 0 radical (unpaired) electrons. The molecule has 2 fully saturated rings. The first kappa shape index (κ1) is 14.3. The van der Waals surface area contributed by atoms with Crippen molar-refractivity contribution in [2.75, 3.05) is 0 Å². The van der Waals surface area contributed by atoms with E-state index in [9.17, 15) is 4.79 Å². The lowest BCUT2D eigenvalue weighted by Crippen LogP contribution is -2.42. The van der Waals surface area contributed by atoms with Gasteiger partial charge in [-0.15, -0.1) is 5.92 Å². The summed E-state index contributed by atoms with van der Waals surface area (Å²) in [6.07, 6.45) is 3.47. The molecule has 2 saturated heterocycles. The summed E-state index contributed by atoms with van der Waals surface area (Å²) in [5.74, 6) is 6.01. The number of amides is 1. The first-order valence-electron chi connectivity index (χ1n) is 8.26. The van der Waals surface area contributed by atoms with Crippen LogP contribution in [0.5, 0.6) is 0 Å². The SMILES string of the molecule is CC#Cc1ccc2ccc(C(=O)N[C@@H]3C[C@H]4CC[C@@H]3N4)cc2c1. The second kappa shape index (κ2) is 5.72. The van der Waals surface area contributed by atoms with Crippen LogP contribution in [-0.4, -0.2) is 24.0 Å². The molecule has 0 saturated carbocycles. The fourth-order valence-corrected chi connectivity index (χ4v) is 3.85. The highest BCUT2D eigenvalue weighted by Crippen LogP contribution is 2.28. The fraction of sp³-hybridized carbons (Fsp3) is 0.350. The lowest BCUT2D eigenvalue weighted by molar-refractivity contribution is 0.0931. The third-order valence-electron chi connectivity index (χ3n) is 4.99. The minimum absolute atomic E-state index is 0.0261. The fourth-order valence-electron chi connectivity index (χ4n) is 3.85. The number of fused-ring (bicyclic) bond motifs is 3. The van der Waals surface area contributed by atoms with Crippen molar-refractivity contribution >= 4 is 16.7 Å². The van der Waals surface area contributed by atoms with E-state index in [-0.39, 0.29) is 11.9 Å². The van der Waals surface area contributed by atoms with Crippen LogP contribution in [0.15, 0.2) is 36.4 Å². The molecule has 2 heterocycles. The zero-order valence-electron chi connectivity index (χ0n) is 13.2. The number of hydrogen-bond acceptors (Lipinski definition) is 2. The molecular formula is C20H20N2O. The molecular weight excluding hydrogens is 284 g/mol. The van der Waals surface area contributed by atoms with Gasteiger partial charge in [-0.05, 0) is 61.2 Å². The lowest BCUT2D eigenvalue weighted by Gasteiger charge is -2.21. The van der Waals surface area contributed by atoms with E-state index in [1.165, 1.54) is 12.8 Å². The Kier molecular flexibility index (Phi) is 3.55. The summed E-state index contributed by atoms with van der Waals surface area (Å²) in [4.78, 5) is 12.6. The van der Waals surface area contributed by atoms with E-state index in [1.807, 2.05) is 37.3 Å². The molecule has 2 aliphatic rings. The number of rotatable bonds is 2. The molecule has 1 amide bonds. The van der Waals surface area contributed by atoms with Crippen LogP contribution in [0, 0.1) is 11.8 Å². The molecule has 2 aromatic rings. The van der Waals surface area contributed by atoms with Crippen molar-refractivity contribution in [2.24, 2.45) is 0 Å². The maximum atomic E-state index is 12.6. The molecule has 3 heteroatoms. The summed E-state index contributed by atoms with van der Waals surface area (Å²) in [6.45, 7) is 1.83. The first-order chi connectivity index (χ1) is 11.2. The van der Waals surface area contributed by atoms with Gasteiger partial charge in [-0.25, -0.2) is 0 Å². The molecule has 3 nitrogen and oxygen atoms in total. The Bertz CT molecular complexity index is 830. The van der Waals surface area contributed by atoms with Crippen LogP contribution in [-0.2, 0) is 0 Å². The number of hydrogen-bond donors (Lipinski definition) is 2. The molecule has 4 rings (SSSR count). The number of carbonyl (C=O) groups is 1. The topological polar surface area (TPSA) is 41.1 Å². The predicted molar refractivity (Wildman–Crippen MR) is 92.3 cm³/mol. The Balaban J connectivity index is 1.57. The third-order valence-corrected chi connectivity index (χ3v) is 4.99. The largest absolute Gasteiger partial charge is 0.348 e. The van der Waals surface area contributed by atoms with Gasteiger partial charge in [0.25, 0.3) is 5.91 Å². The molecule has 23 heavy (non-hydrogen) atoms. The summed E-state index contributed by atoms with van der Waals surface area (Å²) in [7, 11) is 0. The minimum Gasteiger partial charge on any atom is -0.348 e. The molecule has 2 N–H and O–H groups in total. The van der Waals surface area contributed by atoms with Crippen LogP contribution in [0.25, 0.3) is 10.8 Å². The predicted octanol–water partition coefficient (Wildman–Crippen LogP) is 2.83. The molecule has 0 aliphatic carbocycles. The van der Waals surface area contributed by atoms with Crippen molar-refractivity contribution in [2.45, 2.75) is 44.3 Å². The van der Waals surface area contributed by atoms with Crippen molar-refractivity contribution < 1.29 is 4.79 Å². The van der Waals surface area contributed by atoms with Crippen molar-refractivity contribution in [3.05, 3.63) is 47.5 Å². The highest BCUT2D eigenvalue weighted by Gasteiger charge is 2.39. The Morgan fingerprint density at radius 3 is 2.78 bits per heavy atom. The van der Waals surface area contributed by atoms with Crippen LogP contribution < -0.4 is 10.6 Å². The van der Waals surface area contributed by atoms with Crippen LogP contribution >= 0.6 is 0 Å². The van der Waals surface area contributed by atoms with E-state index in [0.717, 1.165) is 28.3 Å². The highest BCUT2D eigenvalue weighted by atomic mass is 16.1. The lowest BCUT2D eigenvalue weighted by atomic mass is 9.95. The van der Waals surface area contributed by atoms with Gasteiger partial charge >= 0.3 is 0 Å². The van der Waals surface area contributed by atoms with Crippen LogP contribution in [0.2, 0.25) is 0 Å². The maximum absolute atomic E-state index is 12.6. The van der Waals surface area contributed by atoms with Gasteiger partial charge in [-0.1, -0.05) is 18.1 Å². The van der Waals surface area contributed by atoms with Gasteiger partial charge in [0.05, 0.1) is 0 Å². The van der Waals surface area contributed by atoms with Crippen molar-refractivity contribution in [3.63, 3.8) is 0 Å². The van der Waals surface area contributed by atoms with Crippen LogP contribution in [0.3, 0.4) is 0 Å². The molecule has 2 aliphatic heterocycles. The van der Waals surface area contributed by atoms with Crippen molar-refractivity contribution in [1.29, 1.82) is 0 Å². The Hall–Kier alpha value is -2.31. The molecule has 0 spiro atoms. The molecule has 3 atom stereocenters. The molecule has 116 valence electrons. The van der Waals surface area contributed by atoms with E-state index in [0.29, 0.717) is 12.1 Å². The van der Waals surface area contributed by atoms with E-state index in [1.54, 1.807) is 0 Å². The quantitative estimate of drug-likeness (QED) is 0.838. The molecule has 0 unspecified atom stereocenters. The van der Waals surface area contributed by atoms with Gasteiger partial charge in [-0.2, -0.15) is 0 Å². The van der Waals surface area contributed by atoms with Crippen molar-refractivity contribution in [1.82, 2.24) is 10.6 Å². The molecule has 2 bridgehead atoms. The minimum atomic E-state index is 0.0261. The summed E-state index contributed by atoms with van der Waals surface area (Å²) >= 11 is 0. The normalized spacial score (nSPS) is 25.2. The number of carbonyl (C=O) groups excluding carboxylic acids is 1. The first-order valence-corrected chi connectivity index (χ1v) is 8.26. The van der Waals surface area contributed by atoms with Crippen LogP contribution in [0.1, 0.15) is 42.1 Å². The third kappa shape index (κ3) is 2.71. The molecule has 2 aromatic carbocycles. The second-order valence-electron chi connectivity index (χ2n) is 6.51. The molecule has 0 aromatic heterocycles. The Labute approximate surface area is 136 Å². The van der Waals surface area contributed by atoms with E-state index in [2.05, 4.69) is 28.5 Å². The van der Waals surface area contributed by atoms with E-state index >= 15 is 0 Å². The van der Waals surface area contributed by atoms with Gasteiger partial charge in [0.1, 0.15) is 0 Å². The second-order valence-corrected chi connectivity index (χ2v) is 6.51. The zero-order valence-corrected chi connectivity index (χ0v) is 13.2. The Morgan fingerprint density at radius 1 is 1.17 bits per heavy atom. The van der Waals surface area contributed by atoms with Crippen molar-refractivity contribution in [3.8, 4) is 11.8 Å². The van der Waals surface area contributed by atoms with Gasteiger partial charge in [0.2, 0.25) is 0 Å². The summed E-state index contributed by atoms with van der Waals surface area (Å²) in [5, 5.41) is 8.95. The zero-order chi connectivity index (χ0) is 15.8. The monoisotopic (exact) mass is 304 g/mol. The van der Waals surface area contributed by atoms with Gasteiger partial charge in [-0.3, -0.25) is 4.79 Å². The average Bonchev–Trinajstić information content (AvgIpc) is 3.17. The average molecular weight is 304 g/mol.